The van der Waals surface area contributed by atoms with Crippen LogP contribution < -0.4 is 0 Å². The molecule has 0 nitrogen and oxygen atoms in total. The summed E-state index contributed by atoms with van der Waals surface area (Å²) >= 11 is 4.26. The molecule has 1 fully saturated rings. The molecule has 0 aromatic rings. The van der Waals surface area contributed by atoms with E-state index in [0.717, 1.165) is 5.25 Å². The van der Waals surface area contributed by atoms with Gasteiger partial charge in [0.1, 0.15) is 0 Å². The third-order valence-electron chi connectivity index (χ3n) is 2.28. The molecule has 0 amide bonds. The van der Waals surface area contributed by atoms with Crippen molar-refractivity contribution in [2.45, 2.75) is 18.1 Å². The van der Waals surface area contributed by atoms with Crippen molar-refractivity contribution in [2.24, 2.45) is 0 Å². The molecule has 0 N–H and O–H groups in total. The Morgan fingerprint density at radius 3 is 3.00 bits per heavy atom. The first-order chi connectivity index (χ1) is 5.97. The minimum absolute atomic E-state index is 0.827. The molecule has 0 aromatic carbocycles. The van der Waals surface area contributed by atoms with Gasteiger partial charge in [-0.05, 0) is 12.8 Å². The van der Waals surface area contributed by atoms with Gasteiger partial charge in [0, 0.05) is 22.5 Å². The van der Waals surface area contributed by atoms with Gasteiger partial charge in [-0.3, -0.25) is 0 Å². The Hall–Kier alpha value is 0.180. The fraction of sp³-hybridized carbons (Fsp3) is 0.600. The van der Waals surface area contributed by atoms with Crippen LogP contribution in [-0.2, 0) is 0 Å². The topological polar surface area (TPSA) is 0 Å². The first kappa shape index (κ1) is 8.76. The number of rotatable bonds is 1. The van der Waals surface area contributed by atoms with Crippen molar-refractivity contribution in [1.82, 2.24) is 0 Å². The van der Waals surface area contributed by atoms with Crippen LogP contribution in [0.1, 0.15) is 12.8 Å². The van der Waals surface area contributed by atoms with Gasteiger partial charge < -0.3 is 0 Å². The fourth-order valence-corrected chi connectivity index (χ4v) is 4.41. The van der Waals surface area contributed by atoms with Gasteiger partial charge in [-0.25, -0.2) is 0 Å². The van der Waals surface area contributed by atoms with Gasteiger partial charge in [-0.15, -0.1) is 0 Å². The average molecular weight is 198 g/mol. The van der Waals surface area contributed by atoms with Crippen molar-refractivity contribution < 1.29 is 0 Å². The normalized spacial score (nSPS) is 30.0. The van der Waals surface area contributed by atoms with Crippen LogP contribution in [0.4, 0.5) is 0 Å². The van der Waals surface area contributed by atoms with E-state index in [4.69, 9.17) is 0 Å². The maximum absolute atomic E-state index is 2.33. The summed E-state index contributed by atoms with van der Waals surface area (Å²) in [5.74, 6) is 4.03. The molecule has 2 aliphatic rings. The van der Waals surface area contributed by atoms with Crippen molar-refractivity contribution in [3.05, 3.63) is 23.8 Å². The van der Waals surface area contributed by atoms with Gasteiger partial charge in [0.05, 0.1) is 0 Å². The summed E-state index contributed by atoms with van der Waals surface area (Å²) in [7, 11) is 0. The minimum atomic E-state index is 0.827. The molecule has 2 heteroatoms. The Morgan fingerprint density at radius 1 is 1.33 bits per heavy atom. The lowest BCUT2D eigenvalue weighted by Gasteiger charge is -2.24. The Morgan fingerprint density at radius 2 is 2.33 bits per heavy atom. The second-order valence-corrected chi connectivity index (χ2v) is 5.60. The lowest BCUT2D eigenvalue weighted by atomic mass is 10.0. The number of hydrogen-bond acceptors (Lipinski definition) is 2. The standard InChI is InChI=1S/C10H14S2/c1-2-4-9(5-3-1)10-8-11-6-7-12-10/h1-2,4,10H,3,5-8H2. The van der Waals surface area contributed by atoms with Crippen LogP contribution in [-0.4, -0.2) is 22.5 Å². The highest BCUT2D eigenvalue weighted by Crippen LogP contribution is 2.32. The summed E-state index contributed by atoms with van der Waals surface area (Å²) in [5, 5.41) is 0.827. The Bertz CT molecular complexity index is 200. The van der Waals surface area contributed by atoms with Crippen molar-refractivity contribution in [3.8, 4) is 0 Å². The largest absolute Gasteiger partial charge is 0.160 e. The van der Waals surface area contributed by atoms with E-state index in [2.05, 4.69) is 41.8 Å². The zero-order valence-corrected chi connectivity index (χ0v) is 8.79. The highest BCUT2D eigenvalue weighted by Gasteiger charge is 2.18. The molecule has 0 radical (unpaired) electrons. The highest BCUT2D eigenvalue weighted by molar-refractivity contribution is 8.06. The third-order valence-corrected chi connectivity index (χ3v) is 5.12. The van der Waals surface area contributed by atoms with Gasteiger partial charge in [0.2, 0.25) is 0 Å². The summed E-state index contributed by atoms with van der Waals surface area (Å²) in [6.07, 6.45) is 9.37. The number of thioether (sulfide) groups is 2. The zero-order chi connectivity index (χ0) is 8.23. The Labute approximate surface area is 82.9 Å². The van der Waals surface area contributed by atoms with Crippen LogP contribution in [0.3, 0.4) is 0 Å². The summed E-state index contributed by atoms with van der Waals surface area (Å²) in [6, 6.07) is 0. The second-order valence-electron chi connectivity index (χ2n) is 3.14. The molecule has 66 valence electrons. The first-order valence-corrected chi connectivity index (χ1v) is 6.72. The second kappa shape index (κ2) is 4.43. The van der Waals surface area contributed by atoms with Crippen LogP contribution >= 0.6 is 23.5 Å². The number of hydrogen-bond donors (Lipinski definition) is 0. The van der Waals surface area contributed by atoms with Crippen molar-refractivity contribution >= 4 is 23.5 Å². The molecule has 0 aromatic heterocycles. The van der Waals surface area contributed by atoms with E-state index >= 15 is 0 Å². The van der Waals surface area contributed by atoms with Crippen LogP contribution in [0.25, 0.3) is 0 Å². The van der Waals surface area contributed by atoms with Gasteiger partial charge in [0.15, 0.2) is 0 Å². The molecule has 1 aliphatic carbocycles. The molecular weight excluding hydrogens is 184 g/mol. The van der Waals surface area contributed by atoms with Crippen LogP contribution in [0.5, 0.6) is 0 Å². The van der Waals surface area contributed by atoms with Gasteiger partial charge >= 0.3 is 0 Å². The molecule has 1 atom stereocenters. The molecule has 0 spiro atoms. The van der Waals surface area contributed by atoms with Crippen molar-refractivity contribution in [3.63, 3.8) is 0 Å². The maximum atomic E-state index is 2.33. The summed E-state index contributed by atoms with van der Waals surface area (Å²) in [4.78, 5) is 0. The molecule has 0 bridgehead atoms. The van der Waals surface area contributed by atoms with E-state index in [1.807, 2.05) is 0 Å². The average Bonchev–Trinajstić information content (AvgIpc) is 2.21. The van der Waals surface area contributed by atoms with Crippen LogP contribution in [0.15, 0.2) is 23.8 Å². The van der Waals surface area contributed by atoms with E-state index in [-0.39, 0.29) is 0 Å². The summed E-state index contributed by atoms with van der Waals surface area (Å²) in [5.41, 5.74) is 1.68. The molecule has 2 rings (SSSR count). The lowest BCUT2D eigenvalue weighted by molar-refractivity contribution is 0.907. The van der Waals surface area contributed by atoms with Gasteiger partial charge in [0.25, 0.3) is 0 Å². The fourth-order valence-electron chi connectivity index (χ4n) is 1.59. The van der Waals surface area contributed by atoms with Gasteiger partial charge in [-0.1, -0.05) is 23.8 Å². The maximum Gasteiger partial charge on any atom is 0.0350 e. The summed E-state index contributed by atoms with van der Waals surface area (Å²) < 4.78 is 0. The van der Waals surface area contributed by atoms with Crippen LogP contribution in [0.2, 0.25) is 0 Å². The predicted molar refractivity (Wildman–Crippen MR) is 60.0 cm³/mol. The van der Waals surface area contributed by atoms with Gasteiger partial charge in [-0.2, -0.15) is 23.5 Å². The first-order valence-electron chi connectivity index (χ1n) is 4.52. The Kier molecular flexibility index (Phi) is 3.23. The van der Waals surface area contributed by atoms with E-state index < -0.39 is 0 Å². The molecule has 1 heterocycles. The highest BCUT2D eigenvalue weighted by atomic mass is 32.2. The number of allylic oxidation sites excluding steroid dienone is 3. The van der Waals surface area contributed by atoms with Crippen molar-refractivity contribution in [1.29, 1.82) is 0 Å². The van der Waals surface area contributed by atoms with E-state index in [9.17, 15) is 0 Å². The molecule has 1 saturated heterocycles. The smallest absolute Gasteiger partial charge is 0.0350 e. The van der Waals surface area contributed by atoms with Crippen molar-refractivity contribution in [2.75, 3.05) is 17.3 Å². The molecule has 1 unspecified atom stereocenters. The third kappa shape index (κ3) is 2.11. The molecule has 12 heavy (non-hydrogen) atoms. The predicted octanol–water partition coefficient (Wildman–Crippen LogP) is 3.11. The quantitative estimate of drug-likeness (QED) is 0.635. The SMILES string of the molecule is C1=CCCC(C2CSCCS2)=C1. The van der Waals surface area contributed by atoms with E-state index in [0.29, 0.717) is 0 Å². The Balaban J connectivity index is 1.97. The van der Waals surface area contributed by atoms with E-state index in [1.165, 1.54) is 30.1 Å². The molecule has 1 aliphatic heterocycles. The minimum Gasteiger partial charge on any atom is -0.160 e. The molecular formula is C10H14S2. The lowest BCUT2D eigenvalue weighted by Crippen LogP contribution is -2.17. The molecule has 0 saturated carbocycles. The monoisotopic (exact) mass is 198 g/mol. The zero-order valence-electron chi connectivity index (χ0n) is 7.16. The summed E-state index contributed by atoms with van der Waals surface area (Å²) in [6.45, 7) is 0. The van der Waals surface area contributed by atoms with Crippen LogP contribution in [0, 0.1) is 0 Å². The van der Waals surface area contributed by atoms with E-state index in [1.54, 1.807) is 5.57 Å².